The number of alkyl halides is 3. The van der Waals surface area contributed by atoms with Crippen molar-refractivity contribution in [2.75, 3.05) is 23.8 Å². The first-order valence-electron chi connectivity index (χ1n) is 17.6. The molecule has 2 amide bonds. The van der Waals surface area contributed by atoms with Gasteiger partial charge in [-0.3, -0.25) is 14.4 Å². The number of nitrogens with zero attached hydrogens (tertiary/aromatic N) is 3. The highest BCUT2D eigenvalue weighted by atomic mass is 35.5. The van der Waals surface area contributed by atoms with Crippen LogP contribution in [0.25, 0.3) is 0 Å². The molecule has 290 valence electrons. The monoisotopic (exact) mass is 773 g/mol. The first-order valence-corrected chi connectivity index (χ1v) is 18.0. The van der Waals surface area contributed by atoms with Gasteiger partial charge < -0.3 is 31.1 Å². The van der Waals surface area contributed by atoms with E-state index in [-0.39, 0.29) is 48.2 Å². The van der Waals surface area contributed by atoms with E-state index < -0.39 is 53.9 Å². The van der Waals surface area contributed by atoms with Crippen LogP contribution in [-0.2, 0) is 19.9 Å². The van der Waals surface area contributed by atoms with Gasteiger partial charge in [0.1, 0.15) is 6.04 Å². The Morgan fingerprint density at radius 1 is 0.981 bits per heavy atom. The number of aromatic nitrogens is 3. The summed E-state index contributed by atoms with van der Waals surface area (Å²) in [4.78, 5) is 62.3. The Bertz CT molecular complexity index is 1840. The summed E-state index contributed by atoms with van der Waals surface area (Å²) >= 11 is 6.02. The van der Waals surface area contributed by atoms with Crippen molar-refractivity contribution in [3.8, 4) is 6.01 Å². The molecule has 2 aromatic carbocycles. The van der Waals surface area contributed by atoms with Gasteiger partial charge in [0.25, 0.3) is 11.8 Å². The summed E-state index contributed by atoms with van der Waals surface area (Å²) in [5.41, 5.74) is 0.877. The summed E-state index contributed by atoms with van der Waals surface area (Å²) in [5, 5.41) is 21.2. The number of carboxylic acids is 1. The lowest BCUT2D eigenvalue weighted by Gasteiger charge is -2.38. The van der Waals surface area contributed by atoms with Crippen molar-refractivity contribution in [1.29, 1.82) is 0 Å². The molecule has 13 nitrogen and oxygen atoms in total. The lowest BCUT2D eigenvalue weighted by molar-refractivity contribution is -0.154. The number of anilines is 3. The molecule has 2 saturated carbocycles. The number of hydrogen-bond acceptors (Lipinski definition) is 10. The fraction of sp³-hybridized carbons (Fsp3) is 0.486. The van der Waals surface area contributed by atoms with Crippen LogP contribution in [0.1, 0.15) is 81.6 Å². The van der Waals surface area contributed by atoms with Crippen LogP contribution >= 0.6 is 11.6 Å². The second kappa shape index (κ2) is 16.6. The Hall–Kier alpha value is -4.99. The zero-order chi connectivity index (χ0) is 39.3. The fourth-order valence-corrected chi connectivity index (χ4v) is 7.21. The van der Waals surface area contributed by atoms with Crippen molar-refractivity contribution in [1.82, 2.24) is 25.6 Å². The van der Waals surface area contributed by atoms with Crippen LogP contribution in [0.3, 0.4) is 0 Å². The number of carbonyl (C=O) groups is 4. The Morgan fingerprint density at radius 3 is 2.26 bits per heavy atom. The van der Waals surface area contributed by atoms with Gasteiger partial charge in [0.05, 0.1) is 5.54 Å². The Kier molecular flexibility index (Phi) is 12.3. The molecule has 3 aromatic rings. The van der Waals surface area contributed by atoms with E-state index >= 15 is 0 Å². The third-order valence-corrected chi connectivity index (χ3v) is 9.66. The van der Waals surface area contributed by atoms with Gasteiger partial charge in [0, 0.05) is 29.2 Å². The molecule has 17 heteroatoms. The van der Waals surface area contributed by atoms with E-state index in [9.17, 15) is 37.5 Å². The van der Waals surface area contributed by atoms with E-state index in [0.717, 1.165) is 24.8 Å². The number of hydrogen-bond donors (Lipinski definition) is 5. The highest BCUT2D eigenvalue weighted by Gasteiger charge is 2.45. The average molecular weight is 774 g/mol. The van der Waals surface area contributed by atoms with E-state index in [2.05, 4.69) is 57.0 Å². The Balaban J connectivity index is 1.17. The molecular formula is C37H43ClF3N7O6. The van der Waals surface area contributed by atoms with Gasteiger partial charge in [-0.2, -0.15) is 28.1 Å². The molecule has 5 N–H and O–H groups in total. The summed E-state index contributed by atoms with van der Waals surface area (Å²) in [7, 11) is 0. The molecule has 2 unspecified atom stereocenters. The topological polar surface area (TPSA) is 185 Å². The summed E-state index contributed by atoms with van der Waals surface area (Å²) < 4.78 is 43.6. The van der Waals surface area contributed by atoms with Crippen LogP contribution in [0, 0.1) is 17.3 Å². The maximum atomic E-state index is 13.0. The zero-order valence-corrected chi connectivity index (χ0v) is 30.8. The van der Waals surface area contributed by atoms with Crippen LogP contribution in [0.4, 0.5) is 30.8 Å². The smallest absolute Gasteiger partial charge is 0.422 e. The molecule has 1 aromatic heterocycles. The summed E-state index contributed by atoms with van der Waals surface area (Å²) in [6, 6.07) is 10.9. The molecule has 0 radical (unpaired) electrons. The number of amides is 2. The molecule has 1 heterocycles. The van der Waals surface area contributed by atoms with E-state index in [4.69, 9.17) is 16.3 Å². The van der Waals surface area contributed by atoms with Gasteiger partial charge in [0.2, 0.25) is 17.7 Å². The van der Waals surface area contributed by atoms with Gasteiger partial charge in [-0.15, -0.1) is 0 Å². The fourth-order valence-electron chi connectivity index (χ4n) is 7.09. The van der Waals surface area contributed by atoms with Crippen molar-refractivity contribution in [2.45, 2.75) is 83.5 Å². The SMILES string of the molecule is CC1CC(CC(=O)C(=O)NCC[C@H](NC(=O)c2ccc(Nc3nc(NC4(c5ccc(Cl)cc5)CC4)nc(OCC(F)(F)F)n3)cc2)C(=O)O)CC(C)(C)C1. The third kappa shape index (κ3) is 11.5. The number of Topliss-reactive ketones (excluding diaryl/α,β-unsaturated/α-hetero) is 1. The Labute approximate surface area is 315 Å². The molecule has 2 aliphatic carbocycles. The highest BCUT2D eigenvalue weighted by molar-refractivity contribution is 6.36. The predicted molar refractivity (Wildman–Crippen MR) is 194 cm³/mol. The quantitative estimate of drug-likeness (QED) is 0.101. The average Bonchev–Trinajstić information content (AvgIpc) is 3.86. The molecule has 0 saturated heterocycles. The summed E-state index contributed by atoms with van der Waals surface area (Å²) in [5.74, 6) is -2.97. The van der Waals surface area contributed by atoms with Crippen LogP contribution < -0.4 is 26.0 Å². The minimum absolute atomic E-state index is 0.0312. The number of ketones is 1. The second-order valence-electron chi connectivity index (χ2n) is 14.9. The Morgan fingerprint density at radius 2 is 1.65 bits per heavy atom. The maximum absolute atomic E-state index is 13.0. The first kappa shape index (κ1) is 40.2. The number of nitrogens with one attached hydrogen (secondary N) is 4. The minimum atomic E-state index is -4.64. The second-order valence-corrected chi connectivity index (χ2v) is 15.3. The van der Waals surface area contributed by atoms with Gasteiger partial charge in [-0.05, 0) is 97.7 Å². The number of benzene rings is 2. The molecule has 54 heavy (non-hydrogen) atoms. The number of halogens is 4. The highest BCUT2D eigenvalue weighted by Crippen LogP contribution is 2.48. The molecule has 0 spiro atoms. The number of carboxylic acid groups (broad SMARTS) is 1. The molecule has 2 fully saturated rings. The first-order chi connectivity index (χ1) is 25.4. The van der Waals surface area contributed by atoms with Crippen molar-refractivity contribution in [2.24, 2.45) is 17.3 Å². The minimum Gasteiger partial charge on any atom is -0.480 e. The van der Waals surface area contributed by atoms with Gasteiger partial charge >= 0.3 is 18.2 Å². The molecule has 5 rings (SSSR count). The lowest BCUT2D eigenvalue weighted by Crippen LogP contribution is -2.44. The number of rotatable bonds is 16. The number of ether oxygens (including phenoxy) is 1. The number of carbonyl (C=O) groups excluding carboxylic acids is 3. The molecule has 3 atom stereocenters. The van der Waals surface area contributed by atoms with E-state index in [1.165, 1.54) is 24.3 Å². The van der Waals surface area contributed by atoms with Crippen molar-refractivity contribution >= 4 is 52.8 Å². The number of aliphatic carboxylic acids is 1. The van der Waals surface area contributed by atoms with E-state index in [1.807, 2.05) is 12.1 Å². The standard InChI is InChI=1S/C37H43ClF3N7O6/c1-21-16-22(19-35(2,3)18-21)17-28(49)30(51)42-15-12-27(31(52)53)44-29(50)23-4-10-26(11-5-23)43-32-45-33(47-34(46-32)54-20-37(39,40)41)48-36(13-14-36)24-6-8-25(38)9-7-24/h4-11,21-22,27H,12-20H2,1-3H3,(H,42,51)(H,44,50)(H,52,53)(H2,43,45,46,47,48)/t21?,22?,27-/m0/s1. The largest absolute Gasteiger partial charge is 0.480 e. The molecule has 0 bridgehead atoms. The summed E-state index contributed by atoms with van der Waals surface area (Å²) in [6.45, 7) is 4.69. The van der Waals surface area contributed by atoms with Crippen LogP contribution in [0.15, 0.2) is 48.5 Å². The molecule has 0 aliphatic heterocycles. The lowest BCUT2D eigenvalue weighted by atomic mass is 9.67. The normalized spacial score (nSPS) is 19.2. The summed E-state index contributed by atoms with van der Waals surface area (Å²) in [6.07, 6.45) is -0.466. The van der Waals surface area contributed by atoms with E-state index in [1.54, 1.807) is 12.1 Å². The molecule has 2 aliphatic rings. The van der Waals surface area contributed by atoms with Gasteiger partial charge in [-0.25, -0.2) is 4.79 Å². The van der Waals surface area contributed by atoms with Crippen LogP contribution in [0.5, 0.6) is 6.01 Å². The van der Waals surface area contributed by atoms with Crippen molar-refractivity contribution < 1.29 is 42.2 Å². The van der Waals surface area contributed by atoms with Crippen molar-refractivity contribution in [3.63, 3.8) is 0 Å². The van der Waals surface area contributed by atoms with E-state index in [0.29, 0.717) is 29.5 Å². The zero-order valence-electron chi connectivity index (χ0n) is 30.1. The molecular weight excluding hydrogens is 731 g/mol. The van der Waals surface area contributed by atoms with Crippen LogP contribution in [0.2, 0.25) is 5.02 Å². The van der Waals surface area contributed by atoms with Crippen molar-refractivity contribution in [3.05, 3.63) is 64.7 Å². The third-order valence-electron chi connectivity index (χ3n) is 9.41. The van der Waals surface area contributed by atoms with Crippen LogP contribution in [-0.4, -0.2) is 69.0 Å². The van der Waals surface area contributed by atoms with Gasteiger partial charge in [-0.1, -0.05) is 44.5 Å². The predicted octanol–water partition coefficient (Wildman–Crippen LogP) is 6.42. The van der Waals surface area contributed by atoms with Gasteiger partial charge in [0.15, 0.2) is 6.61 Å². The maximum Gasteiger partial charge on any atom is 0.422 e.